The van der Waals surface area contributed by atoms with Crippen molar-refractivity contribution in [3.05, 3.63) is 71.6 Å². The van der Waals surface area contributed by atoms with E-state index in [0.29, 0.717) is 10.6 Å². The second kappa shape index (κ2) is 14.7. The number of hydrogen-bond donors (Lipinski definition) is 7. The molecule has 3 heterocycles. The van der Waals surface area contributed by atoms with Crippen molar-refractivity contribution in [3.63, 3.8) is 0 Å². The number of rotatable bonds is 10. The van der Waals surface area contributed by atoms with Crippen LogP contribution in [0, 0.1) is 0 Å². The van der Waals surface area contributed by atoms with Gasteiger partial charge in [-0.2, -0.15) is 4.98 Å². The Hall–Kier alpha value is -5.24. The Morgan fingerprint density at radius 2 is 1.69 bits per heavy atom. The Morgan fingerprint density at radius 1 is 1.06 bits per heavy atom. The first-order valence-electron chi connectivity index (χ1n) is 13.5. The third-order valence-electron chi connectivity index (χ3n) is 7.01. The van der Waals surface area contributed by atoms with Gasteiger partial charge in [-0.25, -0.2) is 14.6 Å². The third kappa shape index (κ3) is 7.33. The molecule has 2 aromatic carbocycles. The number of β-lactam (4-membered cyclic amide) rings is 1. The van der Waals surface area contributed by atoms with Crippen molar-refractivity contribution in [1.82, 2.24) is 20.2 Å². The number of aromatic hydroxyl groups is 3. The van der Waals surface area contributed by atoms with E-state index in [1.54, 1.807) is 0 Å². The topological polar surface area (TPSA) is 287 Å². The molecule has 2 aliphatic rings. The Labute approximate surface area is 297 Å². The van der Waals surface area contributed by atoms with E-state index < -0.39 is 71.2 Å². The number of carboxylic acids is 1. The number of amides is 5. The van der Waals surface area contributed by atoms with Gasteiger partial charge in [-0.15, -0.1) is 11.8 Å². The molecule has 3 aromatic rings. The van der Waals surface area contributed by atoms with Gasteiger partial charge in [-0.05, 0) is 42.0 Å². The van der Waals surface area contributed by atoms with Crippen molar-refractivity contribution >= 4 is 59.0 Å². The molecule has 244 valence electrons. The molecule has 1 aromatic heterocycles. The monoisotopic (exact) mass is 688 g/mol. The van der Waals surface area contributed by atoms with Gasteiger partial charge >= 0.3 is 41.7 Å². The van der Waals surface area contributed by atoms with Gasteiger partial charge in [0.1, 0.15) is 41.3 Å². The van der Waals surface area contributed by atoms with E-state index in [0.717, 1.165) is 22.9 Å². The number of hydrogen-bond acceptors (Lipinski definition) is 14. The predicted molar refractivity (Wildman–Crippen MR) is 161 cm³/mol. The number of carbonyl (C=O) groups is 5. The molecule has 20 heteroatoms. The molecule has 0 bridgehead atoms. The van der Waals surface area contributed by atoms with Crippen molar-refractivity contribution < 1.29 is 78.7 Å². The van der Waals surface area contributed by atoms with Crippen LogP contribution in [0.15, 0.2) is 66.0 Å². The van der Waals surface area contributed by atoms with Crippen LogP contribution in [0.2, 0.25) is 0 Å². The molecule has 5 amide bonds. The summed E-state index contributed by atoms with van der Waals surface area (Å²) in [5.74, 6) is -4.56. The largest absolute Gasteiger partial charge is 1.00 e. The van der Waals surface area contributed by atoms with Crippen LogP contribution in [0.4, 0.5) is 26.9 Å². The van der Waals surface area contributed by atoms with Crippen LogP contribution in [-0.4, -0.2) is 83.9 Å². The number of aromatic nitrogens is 2. The molecule has 0 aliphatic carbocycles. The van der Waals surface area contributed by atoms with Gasteiger partial charge < -0.3 is 52.1 Å². The average Bonchev–Trinajstić information content (AvgIpc) is 3.02. The van der Waals surface area contributed by atoms with E-state index in [1.165, 1.54) is 48.5 Å². The molecule has 5 rings (SSSR count). The van der Waals surface area contributed by atoms with Crippen LogP contribution >= 0.6 is 11.8 Å². The Balaban J connectivity index is 0.00000520. The van der Waals surface area contributed by atoms with E-state index in [9.17, 15) is 44.4 Å². The Bertz CT molecular complexity index is 1790. The maximum atomic E-state index is 13.9. The molecule has 9 N–H and O–H groups in total. The molecule has 1 saturated heterocycles. The summed E-state index contributed by atoms with van der Waals surface area (Å²) in [5, 5.41) is 46.5. The maximum absolute atomic E-state index is 13.9. The van der Waals surface area contributed by atoms with Gasteiger partial charge in [0.2, 0.25) is 17.7 Å². The number of primary amides is 2. The van der Waals surface area contributed by atoms with Gasteiger partial charge in [0, 0.05) is 17.0 Å². The Morgan fingerprint density at radius 3 is 2.25 bits per heavy atom. The van der Waals surface area contributed by atoms with Gasteiger partial charge in [0.15, 0.2) is 0 Å². The summed E-state index contributed by atoms with van der Waals surface area (Å²) in [5.41, 5.74) is 10.3. The van der Waals surface area contributed by atoms with Gasteiger partial charge in [0.05, 0.1) is 17.9 Å². The Kier molecular flexibility index (Phi) is 10.9. The van der Waals surface area contributed by atoms with E-state index in [4.69, 9.17) is 11.5 Å². The number of urea groups is 1. The first-order chi connectivity index (χ1) is 22.3. The molecule has 3 atom stereocenters. The first-order valence-corrected chi connectivity index (χ1v) is 14.5. The normalized spacial score (nSPS) is 17.2. The van der Waals surface area contributed by atoms with Crippen molar-refractivity contribution in [2.75, 3.05) is 22.6 Å². The summed E-state index contributed by atoms with van der Waals surface area (Å²) in [7, 11) is 0. The van der Waals surface area contributed by atoms with Crippen LogP contribution in [0.25, 0.3) is 0 Å². The van der Waals surface area contributed by atoms with Gasteiger partial charge in [-0.1, -0.05) is 12.1 Å². The molecular weight excluding hydrogens is 663 g/mol. The summed E-state index contributed by atoms with van der Waals surface area (Å²) in [6.45, 7) is -0.496. The number of benzene rings is 2. The number of nitrogens with two attached hydrogens (primary N) is 2. The molecule has 48 heavy (non-hydrogen) atoms. The third-order valence-corrected chi connectivity index (χ3v) is 8.35. The summed E-state index contributed by atoms with van der Waals surface area (Å²) in [6, 6.07) is 6.73. The fourth-order valence-electron chi connectivity index (χ4n) is 4.90. The predicted octanol–water partition coefficient (Wildman–Crippen LogP) is -3.53. The molecular formula is C28H25N8NaO10S. The first kappa shape index (κ1) is 35.6. The number of ether oxygens (including phenoxy) is 1. The van der Waals surface area contributed by atoms with Crippen LogP contribution in [0.3, 0.4) is 0 Å². The molecule has 2 unspecified atom stereocenters. The minimum absolute atomic E-state index is 0. The number of phenols is 2. The van der Waals surface area contributed by atoms with Crippen LogP contribution in [0.1, 0.15) is 11.6 Å². The van der Waals surface area contributed by atoms with Crippen molar-refractivity contribution in [2.45, 2.75) is 17.5 Å². The summed E-state index contributed by atoms with van der Waals surface area (Å²) >= 11 is 1.06. The van der Waals surface area contributed by atoms with Crippen LogP contribution in [0.5, 0.6) is 17.4 Å². The zero-order valence-electron chi connectivity index (χ0n) is 24.9. The summed E-state index contributed by atoms with van der Waals surface area (Å²) < 4.78 is 4.68. The zero-order valence-corrected chi connectivity index (χ0v) is 27.7. The second-order valence-electron chi connectivity index (χ2n) is 10.0. The summed E-state index contributed by atoms with van der Waals surface area (Å²) in [4.78, 5) is 72.5. The SMILES string of the molecule is NC(=O)OCC1=C(C(=O)[O-])N2C(=O)C(NC(=O)C(c3ccc(O)cc3)N(C(N)=O)c3cnc(Nc4ccc(O)cc4)nc3O)[C@@H]2SC1.[Na+]. The van der Waals surface area contributed by atoms with Crippen LogP contribution in [-0.2, 0) is 19.1 Å². The van der Waals surface area contributed by atoms with Gasteiger partial charge in [-0.3, -0.25) is 19.4 Å². The standard InChI is InChI=1S/C28H26N8O10S.Na/c29-26(44)35(17-9-31-28(34-21(17)39)32-14-3-7-16(38)8-4-14)19(12-1-5-15(37)6-2-12)22(40)33-18-23(41)36-20(25(42)43)13(10-46-27(30)45)11-47-24(18)36;/h1-9,18-19,24,37-38H,10-11H2,(H2,29,44)(H2,30,45)(H,33,40)(H,42,43)(H2,31,32,34,39);/q;+1/p-1/t18?,19?,24-;/m0./s1. The average molecular weight is 689 g/mol. The maximum Gasteiger partial charge on any atom is 1.00 e. The van der Waals surface area contributed by atoms with Crippen molar-refractivity contribution in [2.24, 2.45) is 11.5 Å². The molecule has 0 saturated carbocycles. The van der Waals surface area contributed by atoms with E-state index in [-0.39, 0.29) is 63.9 Å². The molecule has 0 spiro atoms. The van der Waals surface area contributed by atoms with Crippen molar-refractivity contribution in [3.8, 4) is 17.4 Å². The number of nitrogens with zero attached hydrogens (tertiary/aromatic N) is 4. The smallest absolute Gasteiger partial charge is 0.543 e. The number of anilines is 3. The molecule has 1 fully saturated rings. The fourth-order valence-corrected chi connectivity index (χ4v) is 6.23. The zero-order chi connectivity index (χ0) is 34.0. The fraction of sp³-hybridized carbons (Fsp3) is 0.179. The molecule has 2 aliphatic heterocycles. The minimum Gasteiger partial charge on any atom is -0.543 e. The molecule has 18 nitrogen and oxygen atoms in total. The number of aliphatic carboxylic acids is 1. The molecule has 0 radical (unpaired) electrons. The van der Waals surface area contributed by atoms with Crippen molar-refractivity contribution in [1.29, 1.82) is 0 Å². The van der Waals surface area contributed by atoms with Crippen LogP contribution < -0.4 is 61.7 Å². The summed E-state index contributed by atoms with van der Waals surface area (Å²) in [6.07, 6.45) is -0.127. The number of phenolic OH excluding ortho intramolecular Hbond substituents is 2. The minimum atomic E-state index is -1.71. The quantitative estimate of drug-likeness (QED) is 0.0617. The second-order valence-corrected chi connectivity index (χ2v) is 11.1. The number of carboxylic acid groups (broad SMARTS) is 1. The number of carbonyl (C=O) groups excluding carboxylic acids is 5. The van der Waals surface area contributed by atoms with E-state index >= 15 is 0 Å². The van der Waals surface area contributed by atoms with Gasteiger partial charge in [0.25, 0.3) is 5.91 Å². The van der Waals surface area contributed by atoms with E-state index in [1.807, 2.05) is 0 Å². The van der Waals surface area contributed by atoms with E-state index in [2.05, 4.69) is 25.3 Å². The number of thioether (sulfide) groups is 1. The number of fused-ring (bicyclic) bond motifs is 1. The number of nitrogens with one attached hydrogen (secondary N) is 2.